The molecule has 9 nitrogen and oxygen atoms in total. The molecular weight excluding hydrogens is 452 g/mol. The first kappa shape index (κ1) is 22.2. The van der Waals surface area contributed by atoms with Crippen molar-refractivity contribution in [3.05, 3.63) is 58.0 Å². The highest BCUT2D eigenvalue weighted by Gasteiger charge is 2.24. The highest BCUT2D eigenvalue weighted by Crippen LogP contribution is 2.25. The van der Waals surface area contributed by atoms with Crippen molar-refractivity contribution in [1.82, 2.24) is 19.0 Å². The van der Waals surface area contributed by atoms with Crippen LogP contribution >= 0.6 is 11.3 Å². The maximum atomic E-state index is 13.1. The van der Waals surface area contributed by atoms with Gasteiger partial charge in [-0.05, 0) is 36.8 Å². The van der Waals surface area contributed by atoms with Crippen LogP contribution in [0.15, 0.2) is 56.7 Å². The molecule has 32 heavy (non-hydrogen) atoms. The molecule has 0 saturated heterocycles. The average Bonchev–Trinajstić information content (AvgIpc) is 3.38. The number of hydrogen-bond donors (Lipinski definition) is 0. The van der Waals surface area contributed by atoms with Crippen molar-refractivity contribution in [2.45, 2.75) is 31.3 Å². The van der Waals surface area contributed by atoms with Crippen LogP contribution in [0.4, 0.5) is 0 Å². The van der Waals surface area contributed by atoms with E-state index in [4.69, 9.17) is 9.26 Å². The number of ether oxygens (including phenoxy) is 1. The van der Waals surface area contributed by atoms with Crippen molar-refractivity contribution >= 4 is 31.6 Å². The Balaban J connectivity index is 1.57. The van der Waals surface area contributed by atoms with Crippen LogP contribution in [0.3, 0.4) is 0 Å². The summed E-state index contributed by atoms with van der Waals surface area (Å²) in [6.45, 7) is 2.49. The number of methoxy groups -OCH3 is 1. The van der Waals surface area contributed by atoms with Gasteiger partial charge in [-0.2, -0.15) is 9.29 Å². The monoisotopic (exact) mass is 474 g/mol. The topological polar surface area (TPSA) is 108 Å². The van der Waals surface area contributed by atoms with Crippen molar-refractivity contribution in [2.75, 3.05) is 14.2 Å². The lowest BCUT2D eigenvalue weighted by atomic mass is 10.2. The van der Waals surface area contributed by atoms with E-state index in [1.54, 1.807) is 35.9 Å². The van der Waals surface area contributed by atoms with Gasteiger partial charge >= 0.3 is 4.87 Å². The lowest BCUT2D eigenvalue weighted by molar-refractivity contribution is 0.337. The van der Waals surface area contributed by atoms with Crippen LogP contribution < -0.4 is 9.61 Å². The minimum Gasteiger partial charge on any atom is -0.497 e. The molecule has 0 radical (unpaired) electrons. The predicted molar refractivity (Wildman–Crippen MR) is 121 cm³/mol. The Bertz CT molecular complexity index is 1420. The highest BCUT2D eigenvalue weighted by molar-refractivity contribution is 7.89. The number of aryl methyl sites for hydroxylation is 1. The van der Waals surface area contributed by atoms with Crippen LogP contribution in [0, 0.1) is 0 Å². The van der Waals surface area contributed by atoms with E-state index in [1.807, 2.05) is 13.0 Å². The summed E-state index contributed by atoms with van der Waals surface area (Å²) < 4.78 is 40.1. The Morgan fingerprint density at radius 3 is 2.78 bits per heavy atom. The maximum Gasteiger partial charge on any atom is 0.308 e. The Labute approximate surface area is 188 Å². The zero-order chi connectivity index (χ0) is 22.9. The molecule has 0 aliphatic carbocycles. The van der Waals surface area contributed by atoms with Crippen molar-refractivity contribution in [1.29, 1.82) is 0 Å². The first-order valence-electron chi connectivity index (χ1n) is 9.90. The molecule has 2 aromatic carbocycles. The average molecular weight is 475 g/mol. The van der Waals surface area contributed by atoms with Crippen molar-refractivity contribution in [3.8, 4) is 17.1 Å². The minimum absolute atomic E-state index is 0.0928. The van der Waals surface area contributed by atoms with E-state index >= 15 is 0 Å². The predicted octanol–water partition coefficient (Wildman–Crippen LogP) is 3.35. The normalized spacial score (nSPS) is 12.0. The molecule has 4 aromatic rings. The van der Waals surface area contributed by atoms with Crippen molar-refractivity contribution in [2.24, 2.45) is 0 Å². The van der Waals surface area contributed by atoms with Gasteiger partial charge in [0.25, 0.3) is 0 Å². The summed E-state index contributed by atoms with van der Waals surface area (Å²) in [6, 6.07) is 11.9. The van der Waals surface area contributed by atoms with E-state index in [9.17, 15) is 13.2 Å². The molecule has 11 heteroatoms. The van der Waals surface area contributed by atoms with Gasteiger partial charge in [0.05, 0.1) is 28.8 Å². The van der Waals surface area contributed by atoms with Gasteiger partial charge in [-0.25, -0.2) is 8.42 Å². The van der Waals surface area contributed by atoms with Crippen LogP contribution in [-0.4, -0.2) is 41.6 Å². The fourth-order valence-electron chi connectivity index (χ4n) is 3.30. The molecule has 0 saturated carbocycles. The number of benzene rings is 2. The molecule has 0 aliphatic rings. The maximum absolute atomic E-state index is 13.1. The molecule has 0 aliphatic heterocycles. The first-order chi connectivity index (χ1) is 15.3. The Kier molecular flexibility index (Phi) is 6.13. The summed E-state index contributed by atoms with van der Waals surface area (Å²) in [5, 5.41) is 3.94. The smallest absolute Gasteiger partial charge is 0.308 e. The summed E-state index contributed by atoms with van der Waals surface area (Å²) in [4.78, 5) is 16.5. The van der Waals surface area contributed by atoms with E-state index < -0.39 is 10.0 Å². The summed E-state index contributed by atoms with van der Waals surface area (Å²) in [7, 11) is -0.821. The first-order valence-corrected chi connectivity index (χ1v) is 12.2. The molecule has 4 rings (SSSR count). The third kappa shape index (κ3) is 4.18. The molecular formula is C21H22N4O5S2. The van der Waals surface area contributed by atoms with Gasteiger partial charge in [0.2, 0.25) is 21.7 Å². The minimum atomic E-state index is -3.83. The molecule has 0 atom stereocenters. The standard InChI is InChI=1S/C21H22N4O5S2/c1-4-10-25-17-9-8-16(12-18(17)31-21(25)26)32(27,28)24(2)13-19-22-20(23-30-19)14-6-5-7-15(11-14)29-3/h5-9,11-12H,4,10,13H2,1-3H3. The summed E-state index contributed by atoms with van der Waals surface area (Å²) >= 11 is 1.04. The Morgan fingerprint density at radius 1 is 1.22 bits per heavy atom. The lowest BCUT2D eigenvalue weighted by Gasteiger charge is -2.15. The van der Waals surface area contributed by atoms with Crippen molar-refractivity contribution in [3.63, 3.8) is 0 Å². The molecule has 0 unspecified atom stereocenters. The molecule has 0 N–H and O–H groups in total. The molecule has 0 spiro atoms. The van der Waals surface area contributed by atoms with Crippen LogP contribution in [0.1, 0.15) is 19.2 Å². The Hall–Kier alpha value is -3.02. The van der Waals surface area contributed by atoms with Gasteiger partial charge < -0.3 is 9.26 Å². The van der Waals surface area contributed by atoms with Crippen LogP contribution in [0.2, 0.25) is 0 Å². The molecule has 168 valence electrons. The molecule has 2 aromatic heterocycles. The number of thiazole rings is 1. The SMILES string of the molecule is CCCn1c(=O)sc2cc(S(=O)(=O)N(C)Cc3nc(-c4cccc(OC)c4)no3)ccc21. The van der Waals surface area contributed by atoms with Crippen LogP contribution in [0.5, 0.6) is 5.75 Å². The molecule has 0 amide bonds. The number of nitrogens with zero attached hydrogens (tertiary/aromatic N) is 4. The van der Waals surface area contributed by atoms with E-state index in [0.29, 0.717) is 28.4 Å². The summed E-state index contributed by atoms with van der Waals surface area (Å²) in [5.74, 6) is 1.15. The van der Waals surface area contributed by atoms with E-state index in [2.05, 4.69) is 10.1 Å². The quantitative estimate of drug-likeness (QED) is 0.385. The molecule has 2 heterocycles. The fraction of sp³-hybridized carbons (Fsp3) is 0.286. The lowest BCUT2D eigenvalue weighted by Crippen LogP contribution is -2.26. The van der Waals surface area contributed by atoms with Crippen LogP contribution in [-0.2, 0) is 23.1 Å². The fourth-order valence-corrected chi connectivity index (χ4v) is 5.47. The third-order valence-corrected chi connectivity index (χ3v) is 7.69. The van der Waals surface area contributed by atoms with Gasteiger partial charge in [-0.3, -0.25) is 9.36 Å². The summed E-state index contributed by atoms with van der Waals surface area (Å²) in [5.41, 5.74) is 1.44. The number of sulfonamides is 1. The largest absolute Gasteiger partial charge is 0.497 e. The highest BCUT2D eigenvalue weighted by atomic mass is 32.2. The number of fused-ring (bicyclic) bond motifs is 1. The zero-order valence-electron chi connectivity index (χ0n) is 17.8. The van der Waals surface area contributed by atoms with Gasteiger partial charge in [0.1, 0.15) is 5.75 Å². The van der Waals surface area contributed by atoms with Crippen LogP contribution in [0.25, 0.3) is 21.6 Å². The number of rotatable bonds is 8. The third-order valence-electron chi connectivity index (χ3n) is 4.95. The molecule has 0 bridgehead atoms. The van der Waals surface area contributed by atoms with Gasteiger partial charge in [0.15, 0.2) is 0 Å². The van der Waals surface area contributed by atoms with Crippen molar-refractivity contribution < 1.29 is 17.7 Å². The second-order valence-corrected chi connectivity index (χ2v) is 10.2. The summed E-state index contributed by atoms with van der Waals surface area (Å²) in [6.07, 6.45) is 0.816. The van der Waals surface area contributed by atoms with E-state index in [0.717, 1.165) is 27.6 Å². The van der Waals surface area contributed by atoms with Gasteiger partial charge in [-0.1, -0.05) is 35.5 Å². The number of hydrogen-bond acceptors (Lipinski definition) is 8. The second-order valence-electron chi connectivity index (χ2n) is 7.15. The van der Waals surface area contributed by atoms with Gasteiger partial charge in [0, 0.05) is 19.2 Å². The zero-order valence-corrected chi connectivity index (χ0v) is 19.4. The van der Waals surface area contributed by atoms with E-state index in [-0.39, 0.29) is 22.2 Å². The van der Waals surface area contributed by atoms with Gasteiger partial charge in [-0.15, -0.1) is 0 Å². The second kappa shape index (κ2) is 8.85. The Morgan fingerprint density at radius 2 is 2.03 bits per heavy atom. The molecule has 0 fully saturated rings. The van der Waals surface area contributed by atoms with E-state index in [1.165, 1.54) is 19.2 Å². The number of aromatic nitrogens is 3.